The molecule has 1 atom stereocenters. The normalized spacial score (nSPS) is 15.4. The Morgan fingerprint density at radius 2 is 1.55 bits per heavy atom. The summed E-state index contributed by atoms with van der Waals surface area (Å²) in [6.45, 7) is 2.78. The van der Waals surface area contributed by atoms with Gasteiger partial charge in [0.15, 0.2) is 11.5 Å². The van der Waals surface area contributed by atoms with Gasteiger partial charge in [-0.2, -0.15) is 4.31 Å². The van der Waals surface area contributed by atoms with Gasteiger partial charge in [0.05, 0.1) is 27.4 Å². The van der Waals surface area contributed by atoms with Gasteiger partial charge >= 0.3 is 0 Å². The number of methoxy groups -OCH3 is 3. The van der Waals surface area contributed by atoms with Crippen LogP contribution in [0.4, 0.5) is 0 Å². The molecule has 9 heteroatoms. The Balaban J connectivity index is 1.85. The molecule has 1 aliphatic heterocycles. The lowest BCUT2D eigenvalue weighted by molar-refractivity contribution is 0.0939. The third kappa shape index (κ3) is 4.77. The molecule has 0 spiro atoms. The number of ether oxygens (including phenoxy) is 3. The Kier molecular flexibility index (Phi) is 7.07. The molecular weight excluding hydrogens is 420 g/mol. The van der Waals surface area contributed by atoms with Crippen molar-refractivity contribution in [3.8, 4) is 17.2 Å². The van der Waals surface area contributed by atoms with Crippen LogP contribution in [-0.4, -0.2) is 53.0 Å². The van der Waals surface area contributed by atoms with Crippen molar-refractivity contribution in [1.82, 2.24) is 9.62 Å². The third-order valence-electron chi connectivity index (χ3n) is 5.36. The van der Waals surface area contributed by atoms with Crippen molar-refractivity contribution >= 4 is 15.9 Å². The fourth-order valence-corrected chi connectivity index (χ4v) is 5.27. The fourth-order valence-electron chi connectivity index (χ4n) is 3.57. The second kappa shape index (κ2) is 9.57. The van der Waals surface area contributed by atoms with E-state index in [9.17, 15) is 13.2 Å². The molecule has 0 radical (unpaired) electrons. The molecule has 1 aliphatic rings. The lowest BCUT2D eigenvalue weighted by atomic mass is 10.1. The predicted octanol–water partition coefficient (Wildman–Crippen LogP) is 2.99. The van der Waals surface area contributed by atoms with Gasteiger partial charge in [0, 0.05) is 18.7 Å². The lowest BCUT2D eigenvalue weighted by Crippen LogP contribution is -2.29. The summed E-state index contributed by atoms with van der Waals surface area (Å²) in [5.41, 5.74) is 1.07. The van der Waals surface area contributed by atoms with Gasteiger partial charge in [-0.1, -0.05) is 6.07 Å². The Morgan fingerprint density at radius 1 is 0.935 bits per heavy atom. The monoisotopic (exact) mass is 448 g/mol. The summed E-state index contributed by atoms with van der Waals surface area (Å²) in [7, 11) is 0.779. The van der Waals surface area contributed by atoms with Crippen molar-refractivity contribution in [2.75, 3.05) is 34.4 Å². The molecule has 0 unspecified atom stereocenters. The highest BCUT2D eigenvalue weighted by Gasteiger charge is 2.30. The first kappa shape index (κ1) is 22.9. The molecule has 0 aliphatic carbocycles. The van der Waals surface area contributed by atoms with Crippen molar-refractivity contribution < 1.29 is 27.4 Å². The average Bonchev–Trinajstić information content (AvgIpc) is 3.34. The zero-order valence-electron chi connectivity index (χ0n) is 18.2. The summed E-state index contributed by atoms with van der Waals surface area (Å²) in [6.07, 6.45) is 1.65. The van der Waals surface area contributed by atoms with Gasteiger partial charge in [-0.25, -0.2) is 8.42 Å². The highest BCUT2D eigenvalue weighted by atomic mass is 32.2. The van der Waals surface area contributed by atoms with Crippen LogP contribution >= 0.6 is 0 Å². The van der Waals surface area contributed by atoms with Crippen LogP contribution in [0, 0.1) is 0 Å². The van der Waals surface area contributed by atoms with E-state index in [1.54, 1.807) is 32.4 Å². The fraction of sp³-hybridized carbons (Fsp3) is 0.409. The zero-order chi connectivity index (χ0) is 22.6. The van der Waals surface area contributed by atoms with Gasteiger partial charge in [0.1, 0.15) is 10.6 Å². The molecule has 2 aromatic carbocycles. The van der Waals surface area contributed by atoms with E-state index in [0.717, 1.165) is 18.4 Å². The molecule has 168 valence electrons. The summed E-state index contributed by atoms with van der Waals surface area (Å²) < 4.78 is 43.4. The number of hydrogen-bond donors (Lipinski definition) is 1. The van der Waals surface area contributed by atoms with Crippen molar-refractivity contribution in [3.63, 3.8) is 0 Å². The molecule has 3 rings (SSSR count). The minimum atomic E-state index is -3.74. The van der Waals surface area contributed by atoms with E-state index in [1.165, 1.54) is 23.5 Å². The number of rotatable bonds is 8. The number of carbonyl (C=O) groups is 1. The minimum Gasteiger partial charge on any atom is -0.495 e. The van der Waals surface area contributed by atoms with Crippen LogP contribution in [0.15, 0.2) is 41.3 Å². The first-order valence-corrected chi connectivity index (χ1v) is 11.5. The van der Waals surface area contributed by atoms with Crippen LogP contribution < -0.4 is 19.5 Å². The van der Waals surface area contributed by atoms with E-state index < -0.39 is 10.0 Å². The van der Waals surface area contributed by atoms with Crippen molar-refractivity contribution in [3.05, 3.63) is 47.5 Å². The van der Waals surface area contributed by atoms with Gasteiger partial charge in [0.2, 0.25) is 10.0 Å². The molecule has 1 fully saturated rings. The molecule has 8 nitrogen and oxygen atoms in total. The Morgan fingerprint density at radius 3 is 2.16 bits per heavy atom. The number of benzene rings is 2. The molecule has 1 amide bonds. The van der Waals surface area contributed by atoms with Gasteiger partial charge in [0.25, 0.3) is 5.91 Å². The number of sulfonamides is 1. The van der Waals surface area contributed by atoms with Crippen molar-refractivity contribution in [2.24, 2.45) is 0 Å². The van der Waals surface area contributed by atoms with Gasteiger partial charge in [-0.15, -0.1) is 0 Å². The smallest absolute Gasteiger partial charge is 0.251 e. The third-order valence-corrected chi connectivity index (χ3v) is 7.28. The van der Waals surface area contributed by atoms with Crippen LogP contribution in [0.3, 0.4) is 0 Å². The van der Waals surface area contributed by atoms with E-state index in [0.29, 0.717) is 24.6 Å². The summed E-state index contributed by atoms with van der Waals surface area (Å²) in [5.74, 6) is 0.987. The Labute approximate surface area is 183 Å². The zero-order valence-corrected chi connectivity index (χ0v) is 19.0. The number of amides is 1. The van der Waals surface area contributed by atoms with E-state index >= 15 is 0 Å². The van der Waals surface area contributed by atoms with E-state index in [1.807, 2.05) is 13.0 Å². The second-order valence-corrected chi connectivity index (χ2v) is 9.19. The second-order valence-electron chi connectivity index (χ2n) is 7.29. The number of nitrogens with one attached hydrogen (secondary N) is 1. The molecule has 0 aromatic heterocycles. The topological polar surface area (TPSA) is 94.2 Å². The van der Waals surface area contributed by atoms with E-state index in [-0.39, 0.29) is 28.2 Å². The van der Waals surface area contributed by atoms with Crippen LogP contribution in [0.5, 0.6) is 17.2 Å². The highest BCUT2D eigenvalue weighted by molar-refractivity contribution is 7.89. The Hall–Kier alpha value is -2.78. The summed E-state index contributed by atoms with van der Waals surface area (Å²) in [4.78, 5) is 12.9. The number of nitrogens with zero attached hydrogens (tertiary/aromatic N) is 1. The Bertz CT molecular complexity index is 1050. The van der Waals surface area contributed by atoms with Crippen molar-refractivity contribution in [2.45, 2.75) is 30.7 Å². The number of carbonyl (C=O) groups excluding carboxylic acids is 1. The molecule has 31 heavy (non-hydrogen) atoms. The highest BCUT2D eigenvalue weighted by Crippen LogP contribution is 2.31. The summed E-state index contributed by atoms with van der Waals surface area (Å²) in [6, 6.07) is 9.50. The van der Waals surface area contributed by atoms with Crippen LogP contribution in [0.25, 0.3) is 0 Å². The molecule has 1 N–H and O–H groups in total. The quantitative estimate of drug-likeness (QED) is 0.667. The SMILES string of the molecule is COc1ccc([C@H](C)NC(=O)c2ccc(OC)c(S(=O)(=O)N3CCCC3)c2)cc1OC. The molecule has 0 bridgehead atoms. The van der Waals surface area contributed by atoms with E-state index in [4.69, 9.17) is 14.2 Å². The first-order chi connectivity index (χ1) is 14.8. The van der Waals surface area contributed by atoms with Crippen LogP contribution in [-0.2, 0) is 10.0 Å². The maximum Gasteiger partial charge on any atom is 0.251 e. The maximum absolute atomic E-state index is 13.1. The molecule has 0 saturated carbocycles. The van der Waals surface area contributed by atoms with Gasteiger partial charge in [-0.3, -0.25) is 4.79 Å². The molecule has 1 heterocycles. The standard InChI is InChI=1S/C22H28N2O6S/c1-15(16-7-9-18(28-2)20(13-16)30-4)23-22(25)17-8-10-19(29-3)21(14-17)31(26,27)24-11-5-6-12-24/h7-10,13-15H,5-6,11-12H2,1-4H3,(H,23,25)/t15-/m0/s1. The predicted molar refractivity (Wildman–Crippen MR) is 116 cm³/mol. The summed E-state index contributed by atoms with van der Waals surface area (Å²) in [5, 5.41) is 2.90. The van der Waals surface area contributed by atoms with Crippen LogP contribution in [0.1, 0.15) is 41.7 Å². The van der Waals surface area contributed by atoms with Crippen LogP contribution in [0.2, 0.25) is 0 Å². The minimum absolute atomic E-state index is 0.00307. The maximum atomic E-state index is 13.1. The molecule has 2 aromatic rings. The largest absolute Gasteiger partial charge is 0.495 e. The first-order valence-electron chi connectivity index (χ1n) is 10.0. The average molecular weight is 449 g/mol. The van der Waals surface area contributed by atoms with Crippen molar-refractivity contribution in [1.29, 1.82) is 0 Å². The van der Waals surface area contributed by atoms with Gasteiger partial charge < -0.3 is 19.5 Å². The molecular formula is C22H28N2O6S. The summed E-state index contributed by atoms with van der Waals surface area (Å²) >= 11 is 0. The van der Waals surface area contributed by atoms with E-state index in [2.05, 4.69) is 5.32 Å². The van der Waals surface area contributed by atoms with Gasteiger partial charge in [-0.05, 0) is 55.7 Å². The lowest BCUT2D eigenvalue weighted by Gasteiger charge is -2.19. The molecule has 1 saturated heterocycles. The number of hydrogen-bond acceptors (Lipinski definition) is 6.